The van der Waals surface area contributed by atoms with E-state index in [0.717, 1.165) is 35.7 Å². The fourth-order valence-electron chi connectivity index (χ4n) is 8.80. The van der Waals surface area contributed by atoms with Crippen LogP contribution >= 0.6 is 35.6 Å². The van der Waals surface area contributed by atoms with E-state index < -0.39 is 52.8 Å². The van der Waals surface area contributed by atoms with Gasteiger partial charge in [0.15, 0.2) is 0 Å². The zero-order chi connectivity index (χ0) is 50.5. The van der Waals surface area contributed by atoms with Crippen molar-refractivity contribution in [2.45, 2.75) is 92.3 Å². The molecule has 4 aromatic heterocycles. The van der Waals surface area contributed by atoms with E-state index in [9.17, 15) is 35.6 Å². The second-order valence-corrected chi connectivity index (χ2v) is 20.0. The highest BCUT2D eigenvalue weighted by Gasteiger charge is 2.40. The molecule has 0 bridgehead atoms. The number of anilines is 2. The minimum atomic E-state index is -3.91. The zero-order valence-electron chi connectivity index (χ0n) is 38.3. The van der Waals surface area contributed by atoms with E-state index in [2.05, 4.69) is 46.2 Å². The first kappa shape index (κ1) is 53.7. The SMILES string of the molecule is Cl.NCC(F)(F)C(=O)N[C@H]1CCC[C@@H](Nc2ncc(Cl)c(-c3c[nH]c4ccccc34)n2)C1.NCC(F)(F)C(=O)N[C@H]1CCC[C@@H](Nc2ncc(Cl)c(-c3cn(S(=O)(=O)c4ccccc4)c4ccccc34)n2)C1. The number of H-pyrrole nitrogens is 1. The van der Waals surface area contributed by atoms with E-state index in [1.165, 1.54) is 34.7 Å². The number of fused-ring (bicyclic) bond motifs is 2. The van der Waals surface area contributed by atoms with Gasteiger partial charge in [0.05, 0.1) is 57.3 Å². The standard InChI is InChI=1S/C27H27ClF2N6O3S.C21H23ClF2N6O.ClH/c28-22-14-32-26(34-18-8-6-7-17(13-18)33-25(37)27(29,30)16-31)35-24(22)21-15-36(23-12-5-4-11-20(21)23)40(38,39)19-9-2-1-3-10-19;22-16-10-27-20(30-18(16)15-9-26-17-7-2-1-6-14(15)17)29-13-5-3-4-12(8-13)28-19(31)21(23,24)11-25;/h1-5,9-12,14-15,17-18H,6-8,13,16,31H2,(H,33,37)(H,32,34,35);1-2,6-7,9-10,12-13,26H,3-5,8,11,25H2,(H,28,31)(H,27,29,30);1H/t17-,18+;12-,13+;/m00./s1. The maximum Gasteiger partial charge on any atom is 0.336 e. The van der Waals surface area contributed by atoms with Gasteiger partial charge in [-0.25, -0.2) is 32.3 Å². The summed E-state index contributed by atoms with van der Waals surface area (Å²) in [5, 5.41) is 13.6. The Kier molecular flexibility index (Phi) is 17.0. The van der Waals surface area contributed by atoms with E-state index in [0.29, 0.717) is 70.9 Å². The van der Waals surface area contributed by atoms with Gasteiger partial charge in [0, 0.05) is 64.0 Å². The summed E-state index contributed by atoms with van der Waals surface area (Å²) < 4.78 is 82.5. The topological polar surface area (TPSA) is 241 Å². The fraction of sp³-hybridized carbons (Fsp3) is 0.333. The Hall–Kier alpha value is -6.10. The molecule has 2 amide bonds. The average Bonchev–Trinajstić information content (AvgIpc) is 3.99. The molecule has 7 aromatic rings. The second kappa shape index (κ2) is 22.8. The van der Waals surface area contributed by atoms with Crippen LogP contribution in [0.1, 0.15) is 51.4 Å². The minimum absolute atomic E-state index is 0. The van der Waals surface area contributed by atoms with E-state index in [1.54, 1.807) is 42.5 Å². The molecule has 2 saturated carbocycles. The van der Waals surface area contributed by atoms with Crippen molar-refractivity contribution in [3.63, 3.8) is 0 Å². The molecule has 0 spiro atoms. The molecular weight excluding hydrogens is 1020 g/mol. The maximum absolute atomic E-state index is 13.6. The fourth-order valence-corrected chi connectivity index (χ4v) is 10.6. The molecular formula is C48H51Cl3F4N12O4S. The van der Waals surface area contributed by atoms with E-state index in [1.807, 2.05) is 30.5 Å². The van der Waals surface area contributed by atoms with Crippen molar-refractivity contribution in [3.8, 4) is 22.5 Å². The molecule has 2 aliphatic carbocycles. The Bertz CT molecular complexity index is 3150. The number of benzene rings is 3. The third kappa shape index (κ3) is 12.0. The van der Waals surface area contributed by atoms with E-state index in [-0.39, 0.29) is 46.4 Å². The number of nitrogens with one attached hydrogen (secondary N) is 5. The third-order valence-corrected chi connectivity index (χ3v) is 14.7. The van der Waals surface area contributed by atoms with Crippen LogP contribution in [-0.2, 0) is 19.6 Å². The number of amides is 2. The van der Waals surface area contributed by atoms with Crippen LogP contribution in [-0.4, -0.2) is 98.2 Å². The van der Waals surface area contributed by atoms with Gasteiger partial charge in [-0.1, -0.05) is 77.8 Å². The van der Waals surface area contributed by atoms with Crippen LogP contribution in [0.25, 0.3) is 44.3 Å². The summed E-state index contributed by atoms with van der Waals surface area (Å²) >= 11 is 12.9. The molecule has 16 nitrogen and oxygen atoms in total. The Morgan fingerprint density at radius 3 is 1.69 bits per heavy atom. The van der Waals surface area contributed by atoms with Crippen molar-refractivity contribution in [1.82, 2.24) is 39.5 Å². The van der Waals surface area contributed by atoms with Crippen molar-refractivity contribution >= 4 is 91.1 Å². The van der Waals surface area contributed by atoms with Gasteiger partial charge in [-0.2, -0.15) is 17.6 Å². The van der Waals surface area contributed by atoms with Crippen LogP contribution in [0.4, 0.5) is 29.5 Å². The first-order valence-corrected chi connectivity index (χ1v) is 25.0. The first-order valence-electron chi connectivity index (χ1n) is 22.8. The monoisotopic (exact) mass is 1070 g/mol. The Morgan fingerprint density at radius 2 is 1.15 bits per heavy atom. The quantitative estimate of drug-likeness (QED) is 0.0507. The highest BCUT2D eigenvalue weighted by molar-refractivity contribution is 7.90. The Morgan fingerprint density at radius 1 is 0.681 bits per heavy atom. The highest BCUT2D eigenvalue weighted by atomic mass is 35.5. The zero-order valence-corrected chi connectivity index (χ0v) is 41.4. The predicted molar refractivity (Wildman–Crippen MR) is 272 cm³/mol. The molecule has 72 heavy (non-hydrogen) atoms. The van der Waals surface area contributed by atoms with Crippen molar-refractivity contribution in [2.24, 2.45) is 11.5 Å². The minimum Gasteiger partial charge on any atom is -0.360 e. The normalized spacial score (nSPS) is 18.3. The van der Waals surface area contributed by atoms with Gasteiger partial charge < -0.3 is 37.7 Å². The van der Waals surface area contributed by atoms with Crippen molar-refractivity contribution in [2.75, 3.05) is 23.7 Å². The molecule has 24 heteroatoms. The van der Waals surface area contributed by atoms with Crippen LogP contribution in [0.15, 0.2) is 109 Å². The number of aromatic amines is 1. The summed E-state index contributed by atoms with van der Waals surface area (Å²) in [6.07, 6.45) is 11.4. The molecule has 4 heterocycles. The molecule has 0 radical (unpaired) electrons. The van der Waals surface area contributed by atoms with Gasteiger partial charge in [-0.3, -0.25) is 9.59 Å². The molecule has 0 unspecified atom stereocenters. The summed E-state index contributed by atoms with van der Waals surface area (Å²) in [6.45, 7) is -2.07. The Balaban J connectivity index is 0.000000215. The number of para-hydroxylation sites is 2. The predicted octanol–water partition coefficient (Wildman–Crippen LogP) is 8.56. The largest absolute Gasteiger partial charge is 0.360 e. The van der Waals surface area contributed by atoms with Gasteiger partial charge >= 0.3 is 11.8 Å². The molecule has 2 aliphatic rings. The summed E-state index contributed by atoms with van der Waals surface area (Å²) in [5.41, 5.74) is 13.7. The molecule has 0 saturated heterocycles. The van der Waals surface area contributed by atoms with Crippen molar-refractivity contribution in [3.05, 3.63) is 114 Å². The van der Waals surface area contributed by atoms with E-state index >= 15 is 0 Å². The highest BCUT2D eigenvalue weighted by Crippen LogP contribution is 2.37. The number of hydrogen-bond donors (Lipinski definition) is 7. The Labute approximate surface area is 427 Å². The molecule has 0 aliphatic heterocycles. The maximum atomic E-state index is 13.6. The number of nitrogens with two attached hydrogens (primary N) is 2. The smallest absolute Gasteiger partial charge is 0.336 e. The van der Waals surface area contributed by atoms with Crippen LogP contribution in [0, 0.1) is 0 Å². The van der Waals surface area contributed by atoms with Crippen LogP contribution in [0.2, 0.25) is 10.0 Å². The number of carbonyl (C=O) groups excluding carboxylic acids is 2. The van der Waals surface area contributed by atoms with Crippen molar-refractivity contribution < 1.29 is 35.6 Å². The van der Waals surface area contributed by atoms with Crippen LogP contribution in [0.5, 0.6) is 0 Å². The van der Waals surface area contributed by atoms with Gasteiger partial charge in [0.25, 0.3) is 21.8 Å². The number of rotatable bonds is 14. The average molecular weight is 1070 g/mol. The number of hydrogen-bond acceptors (Lipinski definition) is 12. The molecule has 3 aromatic carbocycles. The summed E-state index contributed by atoms with van der Waals surface area (Å²) in [7, 11) is -3.91. The number of aromatic nitrogens is 6. The summed E-state index contributed by atoms with van der Waals surface area (Å²) in [6, 6.07) is 21.9. The van der Waals surface area contributed by atoms with Gasteiger partial charge in [0.2, 0.25) is 11.9 Å². The summed E-state index contributed by atoms with van der Waals surface area (Å²) in [4.78, 5) is 44.7. The lowest BCUT2D eigenvalue weighted by atomic mass is 9.91. The summed E-state index contributed by atoms with van der Waals surface area (Å²) in [5.74, 6) is -9.26. The second-order valence-electron chi connectivity index (χ2n) is 17.4. The molecule has 9 rings (SSSR count). The van der Waals surface area contributed by atoms with Gasteiger partial charge in [-0.05, 0) is 75.6 Å². The molecule has 382 valence electrons. The molecule has 9 N–H and O–H groups in total. The first-order chi connectivity index (χ1) is 34.0. The van der Waals surface area contributed by atoms with Crippen molar-refractivity contribution in [1.29, 1.82) is 0 Å². The molecule has 4 atom stereocenters. The van der Waals surface area contributed by atoms with E-state index in [4.69, 9.17) is 34.7 Å². The van der Waals surface area contributed by atoms with Gasteiger partial charge in [-0.15, -0.1) is 12.4 Å². The lowest BCUT2D eigenvalue weighted by Gasteiger charge is -2.31. The lowest BCUT2D eigenvalue weighted by molar-refractivity contribution is -0.145. The number of halogens is 7. The number of nitrogens with zero attached hydrogens (tertiary/aromatic N) is 5. The molecule has 2 fully saturated rings. The number of alkyl halides is 4. The van der Waals surface area contributed by atoms with Crippen LogP contribution < -0.4 is 32.7 Å². The van der Waals surface area contributed by atoms with Crippen LogP contribution in [0.3, 0.4) is 0 Å². The van der Waals surface area contributed by atoms with Gasteiger partial charge in [0.1, 0.15) is 0 Å². The third-order valence-electron chi connectivity index (χ3n) is 12.4. The number of carbonyl (C=O) groups is 2. The lowest BCUT2D eigenvalue weighted by Crippen LogP contribution is -2.51.